The van der Waals surface area contributed by atoms with Gasteiger partial charge in [0.15, 0.2) is 0 Å². The fraction of sp³-hybridized carbons (Fsp3) is 0.562. The van der Waals surface area contributed by atoms with Gasteiger partial charge in [-0.2, -0.15) is 0 Å². The number of amides is 1. The third-order valence-electron chi connectivity index (χ3n) is 3.55. The number of likely N-dealkylation sites (tertiary alicyclic amines) is 1. The summed E-state index contributed by atoms with van der Waals surface area (Å²) in [6, 6.07) is 7.74. The minimum atomic E-state index is -0.473. The van der Waals surface area contributed by atoms with Crippen molar-refractivity contribution in [1.82, 2.24) is 4.90 Å². The first kappa shape index (κ1) is 15.6. The quantitative estimate of drug-likeness (QED) is 0.869. The van der Waals surface area contributed by atoms with Gasteiger partial charge >= 0.3 is 6.09 Å². The molecule has 1 amide bonds. The molecule has 1 aromatic carbocycles. The van der Waals surface area contributed by atoms with Crippen LogP contribution in [0.25, 0.3) is 0 Å². The van der Waals surface area contributed by atoms with Crippen molar-refractivity contribution in [2.24, 2.45) is 0 Å². The maximum absolute atomic E-state index is 12.0. The Bertz CT molecular complexity index is 499. The third-order valence-corrected chi connectivity index (χ3v) is 3.55. The largest absolute Gasteiger partial charge is 0.444 e. The standard InChI is InChI=1S/C16H24N2O3/c1-15(2,3)21-14(19)18-10-16(11-18,20-4)9-12-5-7-13(17)8-6-12/h5-8H,9-11,17H2,1-4H3. The molecule has 5 heteroatoms. The lowest BCUT2D eigenvalue weighted by molar-refractivity contribution is -0.120. The van der Waals surface area contributed by atoms with E-state index in [2.05, 4.69) is 0 Å². The van der Waals surface area contributed by atoms with Crippen molar-refractivity contribution < 1.29 is 14.3 Å². The van der Waals surface area contributed by atoms with E-state index in [1.807, 2.05) is 45.0 Å². The second-order valence-corrected chi connectivity index (χ2v) is 6.64. The number of carbonyl (C=O) groups is 1. The highest BCUT2D eigenvalue weighted by Crippen LogP contribution is 2.30. The molecule has 2 rings (SSSR count). The number of hydrogen-bond acceptors (Lipinski definition) is 4. The molecule has 5 nitrogen and oxygen atoms in total. The summed E-state index contributed by atoms with van der Waals surface area (Å²) in [5, 5.41) is 0. The number of carbonyl (C=O) groups excluding carboxylic acids is 1. The van der Waals surface area contributed by atoms with Crippen molar-refractivity contribution in [3.05, 3.63) is 29.8 Å². The van der Waals surface area contributed by atoms with E-state index in [1.54, 1.807) is 12.0 Å². The van der Waals surface area contributed by atoms with Gasteiger partial charge in [-0.3, -0.25) is 0 Å². The number of rotatable bonds is 3. The smallest absolute Gasteiger partial charge is 0.410 e. The predicted molar refractivity (Wildman–Crippen MR) is 82.1 cm³/mol. The molecule has 0 bridgehead atoms. The van der Waals surface area contributed by atoms with Gasteiger partial charge in [0.1, 0.15) is 11.2 Å². The Morgan fingerprint density at radius 2 is 1.86 bits per heavy atom. The van der Waals surface area contributed by atoms with Crippen molar-refractivity contribution in [1.29, 1.82) is 0 Å². The van der Waals surface area contributed by atoms with Crippen LogP contribution in [0.4, 0.5) is 10.5 Å². The summed E-state index contributed by atoms with van der Waals surface area (Å²) in [6.07, 6.45) is 0.468. The van der Waals surface area contributed by atoms with Crippen LogP contribution in [0.1, 0.15) is 26.3 Å². The maximum atomic E-state index is 12.0. The number of hydrogen-bond donors (Lipinski definition) is 1. The van der Waals surface area contributed by atoms with Crippen LogP contribution >= 0.6 is 0 Å². The van der Waals surface area contributed by atoms with Gasteiger partial charge in [-0.25, -0.2) is 4.79 Å². The first-order valence-corrected chi connectivity index (χ1v) is 7.11. The molecule has 1 fully saturated rings. The van der Waals surface area contributed by atoms with Crippen molar-refractivity contribution in [3.8, 4) is 0 Å². The van der Waals surface area contributed by atoms with Crippen LogP contribution in [0.15, 0.2) is 24.3 Å². The SMILES string of the molecule is COC1(Cc2ccc(N)cc2)CN(C(=O)OC(C)(C)C)C1. The van der Waals surface area contributed by atoms with Crippen molar-refractivity contribution in [3.63, 3.8) is 0 Å². The normalized spacial score (nSPS) is 17.2. The summed E-state index contributed by atoms with van der Waals surface area (Å²) in [5.74, 6) is 0. The number of benzene rings is 1. The fourth-order valence-electron chi connectivity index (χ4n) is 2.43. The molecule has 1 aliphatic rings. The second kappa shape index (κ2) is 5.56. The van der Waals surface area contributed by atoms with Crippen LogP contribution < -0.4 is 5.73 Å². The molecule has 21 heavy (non-hydrogen) atoms. The Balaban J connectivity index is 1.94. The highest BCUT2D eigenvalue weighted by molar-refractivity contribution is 5.69. The van der Waals surface area contributed by atoms with Crippen LogP contribution in [-0.2, 0) is 15.9 Å². The molecule has 0 saturated carbocycles. The molecule has 2 N–H and O–H groups in total. The van der Waals surface area contributed by atoms with E-state index in [-0.39, 0.29) is 11.7 Å². The van der Waals surface area contributed by atoms with E-state index in [0.29, 0.717) is 13.1 Å². The van der Waals surface area contributed by atoms with Gasteiger partial charge in [0.25, 0.3) is 0 Å². The molecule has 116 valence electrons. The third kappa shape index (κ3) is 3.88. The summed E-state index contributed by atoms with van der Waals surface area (Å²) in [4.78, 5) is 13.6. The van der Waals surface area contributed by atoms with Gasteiger partial charge in [-0.05, 0) is 38.5 Å². The lowest BCUT2D eigenvalue weighted by Gasteiger charge is -2.49. The number of anilines is 1. The average Bonchev–Trinajstić information content (AvgIpc) is 2.33. The van der Waals surface area contributed by atoms with Crippen LogP contribution in [0.2, 0.25) is 0 Å². The average molecular weight is 292 g/mol. The van der Waals surface area contributed by atoms with E-state index in [1.165, 1.54) is 0 Å². The van der Waals surface area contributed by atoms with Crippen molar-refractivity contribution >= 4 is 11.8 Å². The highest BCUT2D eigenvalue weighted by atomic mass is 16.6. The zero-order valence-electron chi connectivity index (χ0n) is 13.2. The molecule has 0 atom stereocenters. The van der Waals surface area contributed by atoms with Gasteiger partial charge in [-0.1, -0.05) is 12.1 Å². The topological polar surface area (TPSA) is 64.8 Å². The Morgan fingerprint density at radius 3 is 2.33 bits per heavy atom. The molecule has 0 aliphatic carbocycles. The molecule has 1 saturated heterocycles. The maximum Gasteiger partial charge on any atom is 0.410 e. The predicted octanol–water partition coefficient (Wildman–Crippen LogP) is 2.45. The molecular formula is C16H24N2O3. The van der Waals surface area contributed by atoms with Crippen LogP contribution in [0, 0.1) is 0 Å². The lowest BCUT2D eigenvalue weighted by atomic mass is 9.87. The summed E-state index contributed by atoms with van der Waals surface area (Å²) >= 11 is 0. The van der Waals surface area contributed by atoms with Crippen molar-refractivity contribution in [2.75, 3.05) is 25.9 Å². The molecule has 0 unspecified atom stereocenters. The number of methoxy groups -OCH3 is 1. The summed E-state index contributed by atoms with van der Waals surface area (Å²) in [6.45, 7) is 6.68. The summed E-state index contributed by atoms with van der Waals surface area (Å²) < 4.78 is 11.0. The molecular weight excluding hydrogens is 268 g/mol. The molecule has 1 aliphatic heterocycles. The lowest BCUT2D eigenvalue weighted by Crippen LogP contribution is -2.66. The molecule has 1 heterocycles. The van der Waals surface area contributed by atoms with Gasteiger partial charge in [0.2, 0.25) is 0 Å². The van der Waals surface area contributed by atoms with Crippen LogP contribution in [-0.4, -0.2) is 42.4 Å². The van der Waals surface area contributed by atoms with Gasteiger partial charge < -0.3 is 20.1 Å². The Hall–Kier alpha value is -1.75. The van der Waals surface area contributed by atoms with Crippen molar-refractivity contribution in [2.45, 2.75) is 38.4 Å². The minimum Gasteiger partial charge on any atom is -0.444 e. The molecule has 1 aromatic rings. The Kier molecular flexibility index (Phi) is 4.14. The number of nitrogens with two attached hydrogens (primary N) is 1. The minimum absolute atomic E-state index is 0.285. The highest BCUT2D eigenvalue weighted by Gasteiger charge is 2.46. The summed E-state index contributed by atoms with van der Waals surface area (Å²) in [7, 11) is 1.68. The van der Waals surface area contributed by atoms with Crippen LogP contribution in [0.3, 0.4) is 0 Å². The molecule has 0 radical (unpaired) electrons. The Labute approximate surface area is 126 Å². The van der Waals surface area contributed by atoms with Crippen LogP contribution in [0.5, 0.6) is 0 Å². The zero-order valence-corrected chi connectivity index (χ0v) is 13.2. The zero-order chi connectivity index (χ0) is 15.7. The second-order valence-electron chi connectivity index (χ2n) is 6.64. The first-order valence-electron chi connectivity index (χ1n) is 7.11. The number of nitrogens with zero attached hydrogens (tertiary/aromatic N) is 1. The summed E-state index contributed by atoms with van der Waals surface area (Å²) in [5.41, 5.74) is 6.78. The van der Waals surface area contributed by atoms with E-state index in [0.717, 1.165) is 17.7 Å². The van der Waals surface area contributed by atoms with E-state index in [4.69, 9.17) is 15.2 Å². The molecule has 0 aromatic heterocycles. The Morgan fingerprint density at radius 1 is 1.29 bits per heavy atom. The van der Waals surface area contributed by atoms with Gasteiger partial charge in [0, 0.05) is 19.2 Å². The van der Waals surface area contributed by atoms with E-state index < -0.39 is 5.60 Å². The van der Waals surface area contributed by atoms with E-state index in [9.17, 15) is 4.79 Å². The first-order chi connectivity index (χ1) is 9.73. The number of nitrogen functional groups attached to an aromatic ring is 1. The van der Waals surface area contributed by atoms with Gasteiger partial charge in [0.05, 0.1) is 13.1 Å². The van der Waals surface area contributed by atoms with E-state index >= 15 is 0 Å². The number of ether oxygens (including phenoxy) is 2. The van der Waals surface area contributed by atoms with Gasteiger partial charge in [-0.15, -0.1) is 0 Å². The molecule has 0 spiro atoms. The monoisotopic (exact) mass is 292 g/mol. The fourth-order valence-corrected chi connectivity index (χ4v) is 2.43.